The summed E-state index contributed by atoms with van der Waals surface area (Å²) in [4.78, 5) is 0. The molecule has 0 atom stereocenters. The molecule has 0 aliphatic carbocycles. The first kappa shape index (κ1) is 20.7. The van der Waals surface area contributed by atoms with Crippen molar-refractivity contribution in [2.45, 2.75) is 0 Å². The third kappa shape index (κ3) is 2.82. The van der Waals surface area contributed by atoms with Crippen LogP contribution in [-0.2, 0) is 0 Å². The van der Waals surface area contributed by atoms with E-state index in [1.54, 1.807) is 0 Å². The number of hydrogen-bond acceptors (Lipinski definition) is 2. The van der Waals surface area contributed by atoms with Gasteiger partial charge in [-0.05, 0) is 64.9 Å². The van der Waals surface area contributed by atoms with E-state index in [4.69, 9.17) is 8.83 Å². The maximum absolute atomic E-state index is 6.73. The molecule has 3 heteroatoms. The fourth-order valence-corrected chi connectivity index (χ4v) is 6.28. The molecule has 3 aromatic heterocycles. The summed E-state index contributed by atoms with van der Waals surface area (Å²) in [6, 6.07) is 44.6. The second-order valence-corrected chi connectivity index (χ2v) is 10.1. The van der Waals surface area contributed by atoms with E-state index in [0.29, 0.717) is 0 Å². The average molecular weight is 500 g/mol. The Labute approximate surface area is 223 Å². The quantitative estimate of drug-likeness (QED) is 0.237. The molecule has 0 aliphatic rings. The second kappa shape index (κ2) is 7.62. The predicted molar refractivity (Wildman–Crippen MR) is 161 cm³/mol. The summed E-state index contributed by atoms with van der Waals surface area (Å²) in [7, 11) is 0. The Bertz CT molecular complexity index is 2390. The summed E-state index contributed by atoms with van der Waals surface area (Å²) in [5, 5.41) is 6.93. The van der Waals surface area contributed by atoms with Gasteiger partial charge in [-0.3, -0.25) is 0 Å². The zero-order valence-corrected chi connectivity index (χ0v) is 20.9. The number of furan rings is 2. The lowest BCUT2D eigenvalue weighted by molar-refractivity contribution is 0.669. The molecule has 6 aromatic carbocycles. The van der Waals surface area contributed by atoms with Crippen molar-refractivity contribution in [3.8, 4) is 16.8 Å². The standard InChI is InChI=1S/C36H21NO2/c1-2-10-24(11-3-1)37-30-16-7-6-13-27(30)36-34(37)29-15-8-14-26(35(29)39-36)23-17-19-28-32(21-23)38-31-20-18-22-9-4-5-12-25(22)33(28)31/h1-21H. The Kier molecular flexibility index (Phi) is 4.05. The molecule has 0 radical (unpaired) electrons. The normalized spacial score (nSPS) is 12.1. The van der Waals surface area contributed by atoms with Crippen molar-refractivity contribution in [1.29, 1.82) is 0 Å². The van der Waals surface area contributed by atoms with E-state index in [1.807, 2.05) is 0 Å². The molecule has 0 N–H and O–H groups in total. The van der Waals surface area contributed by atoms with Crippen LogP contribution < -0.4 is 0 Å². The van der Waals surface area contributed by atoms with Gasteiger partial charge in [-0.1, -0.05) is 78.9 Å². The summed E-state index contributed by atoms with van der Waals surface area (Å²) in [5.41, 5.74) is 9.07. The number of aromatic nitrogens is 1. The molecule has 182 valence electrons. The van der Waals surface area contributed by atoms with E-state index < -0.39 is 0 Å². The molecule has 0 saturated carbocycles. The van der Waals surface area contributed by atoms with E-state index in [1.165, 1.54) is 16.2 Å². The second-order valence-electron chi connectivity index (χ2n) is 10.1. The van der Waals surface area contributed by atoms with Gasteiger partial charge in [0.05, 0.1) is 5.52 Å². The van der Waals surface area contributed by atoms with Crippen molar-refractivity contribution in [3.63, 3.8) is 0 Å². The van der Waals surface area contributed by atoms with Gasteiger partial charge < -0.3 is 13.4 Å². The topological polar surface area (TPSA) is 31.2 Å². The zero-order valence-electron chi connectivity index (χ0n) is 20.9. The van der Waals surface area contributed by atoms with Gasteiger partial charge in [0.25, 0.3) is 0 Å². The highest BCUT2D eigenvalue weighted by atomic mass is 16.3. The van der Waals surface area contributed by atoms with Gasteiger partial charge in [-0.2, -0.15) is 0 Å². The van der Waals surface area contributed by atoms with Gasteiger partial charge >= 0.3 is 0 Å². The fraction of sp³-hybridized carbons (Fsp3) is 0. The number of benzene rings is 6. The smallest absolute Gasteiger partial charge is 0.161 e. The van der Waals surface area contributed by atoms with Crippen LogP contribution in [0.2, 0.25) is 0 Å². The molecule has 9 rings (SSSR count). The van der Waals surface area contributed by atoms with Crippen LogP contribution in [0.25, 0.3) is 82.5 Å². The fourth-order valence-electron chi connectivity index (χ4n) is 6.28. The van der Waals surface area contributed by atoms with Crippen LogP contribution >= 0.6 is 0 Å². The van der Waals surface area contributed by atoms with Crippen LogP contribution in [0.5, 0.6) is 0 Å². The van der Waals surface area contributed by atoms with E-state index >= 15 is 0 Å². The van der Waals surface area contributed by atoms with Crippen LogP contribution in [0.15, 0.2) is 136 Å². The molecule has 0 bridgehead atoms. The number of fused-ring (bicyclic) bond motifs is 10. The highest BCUT2D eigenvalue weighted by Gasteiger charge is 2.21. The van der Waals surface area contributed by atoms with E-state index in [-0.39, 0.29) is 0 Å². The molecule has 0 fully saturated rings. The first-order chi connectivity index (χ1) is 19.3. The Morgan fingerprint density at radius 3 is 2.21 bits per heavy atom. The minimum absolute atomic E-state index is 0.881. The number of para-hydroxylation sites is 3. The summed E-state index contributed by atoms with van der Waals surface area (Å²) < 4.78 is 15.4. The highest BCUT2D eigenvalue weighted by Crippen LogP contribution is 2.43. The van der Waals surface area contributed by atoms with Crippen LogP contribution in [0, 0.1) is 0 Å². The molecule has 0 aliphatic heterocycles. The van der Waals surface area contributed by atoms with Crippen LogP contribution in [0.4, 0.5) is 0 Å². The van der Waals surface area contributed by atoms with Crippen LogP contribution in [0.3, 0.4) is 0 Å². The first-order valence-electron chi connectivity index (χ1n) is 13.2. The summed E-state index contributed by atoms with van der Waals surface area (Å²) in [6.45, 7) is 0. The summed E-state index contributed by atoms with van der Waals surface area (Å²) >= 11 is 0. The Balaban J connectivity index is 1.33. The van der Waals surface area contributed by atoms with Gasteiger partial charge in [0.1, 0.15) is 22.3 Å². The largest absolute Gasteiger partial charge is 0.456 e. The van der Waals surface area contributed by atoms with E-state index in [9.17, 15) is 0 Å². The number of hydrogen-bond donors (Lipinski definition) is 0. The average Bonchev–Trinajstić information content (AvgIpc) is 3.66. The van der Waals surface area contributed by atoms with Gasteiger partial charge in [-0.25, -0.2) is 0 Å². The third-order valence-corrected chi connectivity index (χ3v) is 7.99. The van der Waals surface area contributed by atoms with E-state index in [0.717, 1.165) is 66.3 Å². The van der Waals surface area contributed by atoms with Gasteiger partial charge in [0.15, 0.2) is 5.58 Å². The lowest BCUT2D eigenvalue weighted by atomic mass is 10.00. The molecule has 3 heterocycles. The molecule has 0 saturated heterocycles. The minimum atomic E-state index is 0.881. The summed E-state index contributed by atoms with van der Waals surface area (Å²) in [6.07, 6.45) is 0. The molecule has 0 amide bonds. The van der Waals surface area contributed by atoms with Crippen molar-refractivity contribution in [2.24, 2.45) is 0 Å². The SMILES string of the molecule is c1ccc(-n2c3ccccc3c3oc4c(-c5ccc6c(c5)oc5ccc7ccccc7c56)cccc4c32)cc1. The molecule has 3 nitrogen and oxygen atoms in total. The third-order valence-electron chi connectivity index (χ3n) is 7.99. The molecule has 9 aromatic rings. The lowest BCUT2D eigenvalue weighted by Crippen LogP contribution is -1.92. The first-order valence-corrected chi connectivity index (χ1v) is 13.2. The van der Waals surface area contributed by atoms with Crippen molar-refractivity contribution < 1.29 is 8.83 Å². The van der Waals surface area contributed by atoms with Gasteiger partial charge in [0.2, 0.25) is 0 Å². The maximum atomic E-state index is 6.73. The van der Waals surface area contributed by atoms with Crippen molar-refractivity contribution in [3.05, 3.63) is 127 Å². The van der Waals surface area contributed by atoms with Gasteiger partial charge in [-0.15, -0.1) is 0 Å². The Morgan fingerprint density at radius 2 is 1.28 bits per heavy atom. The highest BCUT2D eigenvalue weighted by molar-refractivity contribution is 6.20. The zero-order chi connectivity index (χ0) is 25.5. The lowest BCUT2D eigenvalue weighted by Gasteiger charge is -2.08. The maximum Gasteiger partial charge on any atom is 0.161 e. The molecule has 0 unspecified atom stereocenters. The molecule has 39 heavy (non-hydrogen) atoms. The molecular weight excluding hydrogens is 478 g/mol. The van der Waals surface area contributed by atoms with Crippen molar-refractivity contribution in [1.82, 2.24) is 4.57 Å². The van der Waals surface area contributed by atoms with Crippen LogP contribution in [-0.4, -0.2) is 4.57 Å². The summed E-state index contributed by atoms with van der Waals surface area (Å²) in [5.74, 6) is 0. The Hall–Kier alpha value is -5.28. The van der Waals surface area contributed by atoms with Crippen LogP contribution in [0.1, 0.15) is 0 Å². The molecule has 0 spiro atoms. The van der Waals surface area contributed by atoms with E-state index in [2.05, 4.69) is 132 Å². The monoisotopic (exact) mass is 499 g/mol. The molecular formula is C36H21NO2. The Morgan fingerprint density at radius 1 is 0.487 bits per heavy atom. The number of nitrogens with zero attached hydrogens (tertiary/aromatic N) is 1. The van der Waals surface area contributed by atoms with Gasteiger partial charge in [0, 0.05) is 32.8 Å². The van der Waals surface area contributed by atoms with Crippen molar-refractivity contribution >= 4 is 65.7 Å². The number of rotatable bonds is 2. The minimum Gasteiger partial charge on any atom is -0.456 e. The van der Waals surface area contributed by atoms with Crippen molar-refractivity contribution in [2.75, 3.05) is 0 Å². The predicted octanol–water partition coefficient (Wildman–Crippen LogP) is 10.2.